The number of H-pyrrole nitrogens is 2. The summed E-state index contributed by atoms with van der Waals surface area (Å²) in [6.45, 7) is 0. The Morgan fingerprint density at radius 3 is 2.37 bits per heavy atom. The molecule has 2 heterocycles. The van der Waals surface area contributed by atoms with Crippen LogP contribution in [0, 0.1) is 0 Å². The Hall–Kier alpha value is -2.33. The SMILES string of the molecule is COC.O=Cc1ccc(-c2cc3ccccc3[nH]2)[nH]1. The number of ether oxygens (including phenoxy) is 1. The third kappa shape index (κ3) is 2.92. The highest BCUT2D eigenvalue weighted by molar-refractivity contribution is 5.85. The van der Waals surface area contributed by atoms with Gasteiger partial charge in [-0.2, -0.15) is 0 Å². The fraction of sp³-hybridized carbons (Fsp3) is 0.133. The summed E-state index contributed by atoms with van der Waals surface area (Å²) < 4.78 is 4.25. The molecule has 0 fully saturated rings. The van der Waals surface area contributed by atoms with Crippen molar-refractivity contribution in [2.45, 2.75) is 0 Å². The van der Waals surface area contributed by atoms with Crippen LogP contribution in [0.3, 0.4) is 0 Å². The van der Waals surface area contributed by atoms with Crippen LogP contribution in [-0.4, -0.2) is 30.5 Å². The van der Waals surface area contributed by atoms with Gasteiger partial charge in [0, 0.05) is 25.1 Å². The van der Waals surface area contributed by atoms with Gasteiger partial charge in [0.05, 0.1) is 17.1 Å². The molecule has 0 bridgehead atoms. The van der Waals surface area contributed by atoms with Crippen molar-refractivity contribution in [3.63, 3.8) is 0 Å². The molecule has 19 heavy (non-hydrogen) atoms. The molecule has 4 heteroatoms. The van der Waals surface area contributed by atoms with E-state index >= 15 is 0 Å². The van der Waals surface area contributed by atoms with E-state index in [-0.39, 0.29) is 0 Å². The zero-order valence-corrected chi connectivity index (χ0v) is 10.9. The molecule has 2 aromatic heterocycles. The van der Waals surface area contributed by atoms with Crippen LogP contribution >= 0.6 is 0 Å². The summed E-state index contributed by atoms with van der Waals surface area (Å²) in [7, 11) is 3.25. The summed E-state index contributed by atoms with van der Waals surface area (Å²) in [6, 6.07) is 13.8. The number of aldehydes is 1. The van der Waals surface area contributed by atoms with Gasteiger partial charge in [-0.1, -0.05) is 18.2 Å². The number of nitrogens with one attached hydrogen (secondary N) is 2. The highest BCUT2D eigenvalue weighted by Crippen LogP contribution is 2.22. The first-order valence-electron chi connectivity index (χ1n) is 5.91. The van der Waals surface area contributed by atoms with E-state index in [2.05, 4.69) is 26.8 Å². The number of fused-ring (bicyclic) bond motifs is 1. The maximum atomic E-state index is 10.6. The van der Waals surface area contributed by atoms with Gasteiger partial charge < -0.3 is 14.7 Å². The predicted molar refractivity (Wildman–Crippen MR) is 76.4 cm³/mol. The number of rotatable bonds is 2. The van der Waals surface area contributed by atoms with Gasteiger partial charge in [-0.15, -0.1) is 0 Å². The monoisotopic (exact) mass is 256 g/mol. The molecule has 0 saturated carbocycles. The number of carbonyl (C=O) groups is 1. The first kappa shape index (κ1) is 13.1. The Kier molecular flexibility index (Phi) is 4.15. The third-order valence-corrected chi connectivity index (χ3v) is 2.66. The predicted octanol–water partition coefficient (Wildman–Crippen LogP) is 3.24. The highest BCUT2D eigenvalue weighted by atomic mass is 16.4. The quantitative estimate of drug-likeness (QED) is 0.691. The second kappa shape index (κ2) is 6.02. The van der Waals surface area contributed by atoms with Crippen LogP contribution < -0.4 is 0 Å². The van der Waals surface area contributed by atoms with E-state index in [4.69, 9.17) is 0 Å². The molecule has 0 amide bonds. The molecular weight excluding hydrogens is 240 g/mol. The minimum atomic E-state index is 0.591. The van der Waals surface area contributed by atoms with E-state index < -0.39 is 0 Å². The number of benzene rings is 1. The minimum Gasteiger partial charge on any atom is -0.388 e. The largest absolute Gasteiger partial charge is 0.388 e. The Bertz CT molecular complexity index is 634. The second-order valence-corrected chi connectivity index (χ2v) is 4.12. The topological polar surface area (TPSA) is 57.9 Å². The van der Waals surface area contributed by atoms with Crippen LogP contribution in [0.4, 0.5) is 0 Å². The van der Waals surface area contributed by atoms with Gasteiger partial charge in [0.2, 0.25) is 0 Å². The fourth-order valence-electron chi connectivity index (χ4n) is 1.86. The van der Waals surface area contributed by atoms with Gasteiger partial charge in [-0.3, -0.25) is 4.79 Å². The Labute approximate surface area is 111 Å². The van der Waals surface area contributed by atoms with Crippen LogP contribution in [0.25, 0.3) is 22.3 Å². The van der Waals surface area contributed by atoms with E-state index in [0.29, 0.717) is 5.69 Å². The van der Waals surface area contributed by atoms with Gasteiger partial charge in [0.1, 0.15) is 0 Å². The molecule has 4 nitrogen and oxygen atoms in total. The third-order valence-electron chi connectivity index (χ3n) is 2.66. The smallest absolute Gasteiger partial charge is 0.166 e. The van der Waals surface area contributed by atoms with Gasteiger partial charge in [-0.25, -0.2) is 0 Å². The maximum Gasteiger partial charge on any atom is 0.166 e. The Morgan fingerprint density at radius 1 is 1.00 bits per heavy atom. The van der Waals surface area contributed by atoms with E-state index in [1.165, 1.54) is 5.39 Å². The Morgan fingerprint density at radius 2 is 1.74 bits per heavy atom. The van der Waals surface area contributed by atoms with Gasteiger partial charge in [0.25, 0.3) is 0 Å². The molecule has 0 unspecified atom stereocenters. The van der Waals surface area contributed by atoms with E-state index in [1.807, 2.05) is 24.3 Å². The van der Waals surface area contributed by atoms with Crippen LogP contribution in [0.5, 0.6) is 0 Å². The van der Waals surface area contributed by atoms with Crippen molar-refractivity contribution in [3.8, 4) is 11.4 Å². The molecule has 0 aliphatic heterocycles. The standard InChI is InChI=1S/C13H10N2O.C2H6O/c16-8-10-5-6-12(14-10)13-7-9-3-1-2-4-11(9)15-13;1-3-2/h1-8,14-15H;1-2H3. The van der Waals surface area contributed by atoms with Gasteiger partial charge in [-0.05, 0) is 24.3 Å². The van der Waals surface area contributed by atoms with E-state index in [9.17, 15) is 4.79 Å². The molecule has 0 aliphatic carbocycles. The number of aromatic nitrogens is 2. The van der Waals surface area contributed by atoms with Crippen molar-refractivity contribution in [2.24, 2.45) is 0 Å². The van der Waals surface area contributed by atoms with Crippen molar-refractivity contribution in [1.29, 1.82) is 0 Å². The zero-order chi connectivity index (χ0) is 13.7. The lowest BCUT2D eigenvalue weighted by molar-refractivity contribution is 0.111. The normalized spacial score (nSPS) is 10.0. The average Bonchev–Trinajstić information content (AvgIpc) is 3.05. The molecule has 3 aromatic rings. The number of aromatic amines is 2. The van der Waals surface area contributed by atoms with Crippen molar-refractivity contribution >= 4 is 17.2 Å². The van der Waals surface area contributed by atoms with Crippen LogP contribution in [0.2, 0.25) is 0 Å². The molecule has 2 N–H and O–H groups in total. The number of carbonyl (C=O) groups excluding carboxylic acids is 1. The zero-order valence-electron chi connectivity index (χ0n) is 10.9. The molecule has 1 aromatic carbocycles. The first-order chi connectivity index (χ1) is 9.28. The van der Waals surface area contributed by atoms with Gasteiger partial charge in [0.15, 0.2) is 6.29 Å². The summed E-state index contributed by atoms with van der Waals surface area (Å²) in [4.78, 5) is 16.9. The summed E-state index contributed by atoms with van der Waals surface area (Å²) in [5.41, 5.74) is 3.61. The van der Waals surface area contributed by atoms with Gasteiger partial charge >= 0.3 is 0 Å². The molecule has 0 spiro atoms. The summed E-state index contributed by atoms with van der Waals surface area (Å²) in [6.07, 6.45) is 0.812. The summed E-state index contributed by atoms with van der Waals surface area (Å²) >= 11 is 0. The second-order valence-electron chi connectivity index (χ2n) is 4.12. The first-order valence-corrected chi connectivity index (χ1v) is 5.91. The number of para-hydroxylation sites is 1. The molecular formula is C15H16N2O2. The number of methoxy groups -OCH3 is 1. The highest BCUT2D eigenvalue weighted by Gasteiger charge is 2.04. The lowest BCUT2D eigenvalue weighted by Crippen LogP contribution is -1.79. The van der Waals surface area contributed by atoms with Crippen LogP contribution in [0.15, 0.2) is 42.5 Å². The number of hydrogen-bond donors (Lipinski definition) is 2. The fourth-order valence-corrected chi connectivity index (χ4v) is 1.86. The van der Waals surface area contributed by atoms with E-state index in [1.54, 1.807) is 20.3 Å². The molecule has 0 radical (unpaired) electrons. The summed E-state index contributed by atoms with van der Waals surface area (Å²) in [5.74, 6) is 0. The van der Waals surface area contributed by atoms with Crippen molar-refractivity contribution in [1.82, 2.24) is 9.97 Å². The Balaban J connectivity index is 0.000000408. The van der Waals surface area contributed by atoms with Crippen LogP contribution in [0.1, 0.15) is 10.5 Å². The molecule has 0 atom stereocenters. The molecule has 0 aliphatic rings. The lowest BCUT2D eigenvalue weighted by atomic mass is 10.2. The minimum absolute atomic E-state index is 0.591. The van der Waals surface area contributed by atoms with Crippen molar-refractivity contribution < 1.29 is 9.53 Å². The molecule has 3 rings (SSSR count). The molecule has 98 valence electrons. The maximum absolute atomic E-state index is 10.6. The number of hydrogen-bond acceptors (Lipinski definition) is 2. The lowest BCUT2D eigenvalue weighted by Gasteiger charge is -1.90. The van der Waals surface area contributed by atoms with Crippen molar-refractivity contribution in [2.75, 3.05) is 14.2 Å². The average molecular weight is 256 g/mol. The van der Waals surface area contributed by atoms with Crippen molar-refractivity contribution in [3.05, 3.63) is 48.2 Å². The van der Waals surface area contributed by atoms with Crippen LogP contribution in [-0.2, 0) is 4.74 Å². The summed E-state index contributed by atoms with van der Waals surface area (Å²) in [5, 5.41) is 1.17. The van der Waals surface area contributed by atoms with E-state index in [0.717, 1.165) is 23.2 Å². The molecule has 0 saturated heterocycles.